The largest absolute Gasteiger partial charge is 0.494 e. The summed E-state index contributed by atoms with van der Waals surface area (Å²) in [4.78, 5) is 21.6. The summed E-state index contributed by atoms with van der Waals surface area (Å²) in [5.41, 5.74) is 1.60. The molecule has 1 heterocycles. The smallest absolute Gasteiger partial charge is 0.252 e. The van der Waals surface area contributed by atoms with Gasteiger partial charge in [-0.05, 0) is 71.8 Å². The molecule has 1 aliphatic heterocycles. The van der Waals surface area contributed by atoms with Crippen LogP contribution < -0.4 is 15.0 Å². The van der Waals surface area contributed by atoms with E-state index >= 15 is 0 Å². The van der Waals surface area contributed by atoms with Crippen LogP contribution in [0.4, 0.5) is 5.69 Å². The maximum absolute atomic E-state index is 14.4. The number of nitrogens with zero attached hydrogens (tertiary/aromatic N) is 2. The summed E-state index contributed by atoms with van der Waals surface area (Å²) in [5, 5.41) is 12.1. The molecule has 0 saturated heterocycles. The number of hydrogen-bond acceptors (Lipinski definition) is 8. The van der Waals surface area contributed by atoms with E-state index in [1.807, 2.05) is 67.5 Å². The summed E-state index contributed by atoms with van der Waals surface area (Å²) in [6, 6.07) is 30.5. The molecule has 246 valence electrons. The van der Waals surface area contributed by atoms with Gasteiger partial charge in [-0.15, -0.1) is 0 Å². The molecule has 0 radical (unpaired) electrons. The fraction of sp³-hybridized carbons (Fsp3) is 0.278. The summed E-state index contributed by atoms with van der Waals surface area (Å²) in [5.74, 6) is 0.0718. The first-order chi connectivity index (χ1) is 22.6. The maximum atomic E-state index is 14.4. The van der Waals surface area contributed by atoms with Gasteiger partial charge in [-0.25, -0.2) is 13.4 Å². The minimum atomic E-state index is -3.76. The Labute approximate surface area is 284 Å². The number of ether oxygens (including phenoxy) is 2. The van der Waals surface area contributed by atoms with Crippen molar-refractivity contribution in [2.45, 2.75) is 35.9 Å². The van der Waals surface area contributed by atoms with Crippen LogP contribution in [-0.4, -0.2) is 63.9 Å². The number of nitrogens with one attached hydrogen (secondary N) is 1. The molecule has 9 nitrogen and oxygen atoms in total. The van der Waals surface area contributed by atoms with Crippen LogP contribution in [0.3, 0.4) is 0 Å². The van der Waals surface area contributed by atoms with Gasteiger partial charge >= 0.3 is 0 Å². The van der Waals surface area contributed by atoms with E-state index in [0.29, 0.717) is 29.9 Å². The van der Waals surface area contributed by atoms with Crippen molar-refractivity contribution in [3.05, 3.63) is 124 Å². The third kappa shape index (κ3) is 8.22. The molecular formula is C36H38BrN3O6S. The Hall–Kier alpha value is -4.19. The van der Waals surface area contributed by atoms with Gasteiger partial charge in [0.05, 0.1) is 17.3 Å². The predicted molar refractivity (Wildman–Crippen MR) is 187 cm³/mol. The normalized spacial score (nSPS) is 17.4. The van der Waals surface area contributed by atoms with Crippen molar-refractivity contribution in [1.29, 1.82) is 0 Å². The van der Waals surface area contributed by atoms with Crippen LogP contribution in [-0.2, 0) is 25.9 Å². The van der Waals surface area contributed by atoms with E-state index in [1.54, 1.807) is 54.6 Å². The van der Waals surface area contributed by atoms with E-state index in [0.717, 1.165) is 15.7 Å². The van der Waals surface area contributed by atoms with Crippen LogP contribution in [0.25, 0.3) is 0 Å². The fourth-order valence-corrected chi connectivity index (χ4v) is 6.94. The Morgan fingerprint density at radius 2 is 1.66 bits per heavy atom. The van der Waals surface area contributed by atoms with E-state index in [9.17, 15) is 13.2 Å². The highest BCUT2D eigenvalue weighted by Crippen LogP contribution is 2.43. The number of benzene rings is 4. The molecule has 0 aliphatic carbocycles. The Morgan fingerprint density at radius 1 is 0.979 bits per heavy atom. The van der Waals surface area contributed by atoms with Crippen LogP contribution in [0, 0.1) is 0 Å². The standard InChI is InChI=1S/C36H38BrN3O6S/c1-40(2)30-17-9-26(10-18-30)25-38-35(42)36(21-24-47(43,44)32-7-4-3-5-8-32)33(27-11-15-29(37)16-12-27)46-34(39-36)28-13-19-31(20-14-28)45-23-6-22-41/h3-5,7-20,33,41H,6,21-25H2,1-2H3,(H,38,42)/t33-,36-/m1/s1. The van der Waals surface area contributed by atoms with Crippen LogP contribution in [0.5, 0.6) is 5.75 Å². The second kappa shape index (κ2) is 15.1. The summed E-state index contributed by atoms with van der Waals surface area (Å²) in [6.45, 7) is 0.624. The van der Waals surface area contributed by atoms with Crippen molar-refractivity contribution in [3.8, 4) is 5.75 Å². The number of carbonyl (C=O) groups is 1. The van der Waals surface area contributed by atoms with Gasteiger partial charge < -0.3 is 24.8 Å². The Kier molecular flexibility index (Phi) is 11.0. The molecule has 0 bridgehead atoms. The summed E-state index contributed by atoms with van der Waals surface area (Å²) >= 11 is 3.48. The molecule has 0 unspecified atom stereocenters. The second-order valence-corrected chi connectivity index (χ2v) is 14.5. The summed E-state index contributed by atoms with van der Waals surface area (Å²) < 4.78 is 40.1. The number of hydrogen-bond donors (Lipinski definition) is 2. The van der Waals surface area contributed by atoms with Gasteiger partial charge in [-0.2, -0.15) is 0 Å². The first kappa shape index (κ1) is 34.2. The Balaban J connectivity index is 1.53. The molecule has 11 heteroatoms. The molecule has 4 aromatic carbocycles. The van der Waals surface area contributed by atoms with E-state index in [-0.39, 0.29) is 36.1 Å². The molecule has 47 heavy (non-hydrogen) atoms. The predicted octanol–water partition coefficient (Wildman–Crippen LogP) is 5.71. The van der Waals surface area contributed by atoms with Gasteiger partial charge in [0.25, 0.3) is 5.91 Å². The maximum Gasteiger partial charge on any atom is 0.252 e. The highest BCUT2D eigenvalue weighted by molar-refractivity contribution is 9.10. The number of rotatable bonds is 14. The average molecular weight is 721 g/mol. The zero-order valence-electron chi connectivity index (χ0n) is 26.3. The van der Waals surface area contributed by atoms with Gasteiger partial charge in [0.2, 0.25) is 5.90 Å². The number of aliphatic hydroxyl groups is 1. The minimum absolute atomic E-state index is 0.0334. The lowest BCUT2D eigenvalue weighted by Crippen LogP contribution is -2.49. The number of anilines is 1. The lowest BCUT2D eigenvalue weighted by atomic mass is 9.85. The number of carbonyl (C=O) groups excluding carboxylic acids is 1. The SMILES string of the molecule is CN(C)c1ccc(CNC(=O)[C@]2(CCS(=O)(=O)c3ccccc3)N=C(c3ccc(OCCCO)cc3)O[C@@H]2c2ccc(Br)cc2)cc1. The zero-order valence-corrected chi connectivity index (χ0v) is 28.7. The average Bonchev–Trinajstić information content (AvgIpc) is 3.48. The number of halogens is 1. The molecular weight excluding hydrogens is 682 g/mol. The van der Waals surface area contributed by atoms with Crippen molar-refractivity contribution in [1.82, 2.24) is 5.32 Å². The molecule has 1 aliphatic rings. The van der Waals surface area contributed by atoms with Gasteiger partial charge in [0.15, 0.2) is 21.5 Å². The number of aliphatic imine (C=N–C) groups is 1. The van der Waals surface area contributed by atoms with E-state index in [4.69, 9.17) is 19.6 Å². The first-order valence-electron chi connectivity index (χ1n) is 15.3. The van der Waals surface area contributed by atoms with Crippen molar-refractivity contribution >= 4 is 43.3 Å². The van der Waals surface area contributed by atoms with Crippen LogP contribution in [0.15, 0.2) is 117 Å². The third-order valence-corrected chi connectivity index (χ3v) is 10.2. The number of aliphatic hydroxyl groups excluding tert-OH is 1. The molecule has 0 aromatic heterocycles. The Morgan fingerprint density at radius 3 is 2.30 bits per heavy atom. The highest BCUT2D eigenvalue weighted by Gasteiger charge is 2.53. The van der Waals surface area contributed by atoms with E-state index in [1.165, 1.54) is 0 Å². The summed E-state index contributed by atoms with van der Waals surface area (Å²) in [6.07, 6.45) is -0.522. The monoisotopic (exact) mass is 719 g/mol. The van der Waals surface area contributed by atoms with E-state index < -0.39 is 27.4 Å². The van der Waals surface area contributed by atoms with Crippen LogP contribution >= 0.6 is 15.9 Å². The van der Waals surface area contributed by atoms with Gasteiger partial charge in [-0.1, -0.05) is 58.4 Å². The fourth-order valence-electron chi connectivity index (χ4n) is 5.29. The lowest BCUT2D eigenvalue weighted by Gasteiger charge is -2.30. The Bertz CT molecular complexity index is 1780. The van der Waals surface area contributed by atoms with Crippen LogP contribution in [0.2, 0.25) is 0 Å². The van der Waals surface area contributed by atoms with Crippen molar-refractivity contribution in [2.75, 3.05) is 38.0 Å². The second-order valence-electron chi connectivity index (χ2n) is 11.5. The molecule has 1 amide bonds. The van der Waals surface area contributed by atoms with Gasteiger partial charge in [0, 0.05) is 55.8 Å². The molecule has 0 saturated carbocycles. The highest BCUT2D eigenvalue weighted by atomic mass is 79.9. The zero-order chi connectivity index (χ0) is 33.4. The number of sulfone groups is 1. The molecule has 4 aromatic rings. The quantitative estimate of drug-likeness (QED) is 0.160. The van der Waals surface area contributed by atoms with Gasteiger partial charge in [0.1, 0.15) is 5.75 Å². The number of amides is 1. The topological polar surface area (TPSA) is 118 Å². The molecule has 0 fully saturated rings. The van der Waals surface area contributed by atoms with Crippen LogP contribution in [0.1, 0.15) is 35.6 Å². The van der Waals surface area contributed by atoms with E-state index in [2.05, 4.69) is 21.2 Å². The van der Waals surface area contributed by atoms with Crippen molar-refractivity contribution < 1.29 is 27.8 Å². The molecule has 0 spiro atoms. The summed E-state index contributed by atoms with van der Waals surface area (Å²) in [7, 11) is 0.154. The first-order valence-corrected chi connectivity index (χ1v) is 17.7. The van der Waals surface area contributed by atoms with Gasteiger partial charge in [-0.3, -0.25) is 4.79 Å². The van der Waals surface area contributed by atoms with Crippen molar-refractivity contribution in [2.24, 2.45) is 4.99 Å². The third-order valence-electron chi connectivity index (χ3n) is 7.96. The molecule has 5 rings (SSSR count). The van der Waals surface area contributed by atoms with Crippen molar-refractivity contribution in [3.63, 3.8) is 0 Å². The lowest BCUT2D eigenvalue weighted by molar-refractivity contribution is -0.129. The molecule has 2 atom stereocenters. The molecule has 2 N–H and O–H groups in total. The minimum Gasteiger partial charge on any atom is -0.494 e.